The SMILES string of the molecule is COc1cc(C)c(Cl)c(C)c1CNC1CCCC1. The number of methoxy groups -OCH3 is 1. The first kappa shape index (κ1) is 13.7. The van der Waals surface area contributed by atoms with E-state index < -0.39 is 0 Å². The Hall–Kier alpha value is -0.730. The van der Waals surface area contributed by atoms with Crippen molar-refractivity contribution in [1.82, 2.24) is 5.32 Å². The first-order valence-electron chi connectivity index (χ1n) is 6.69. The molecule has 0 unspecified atom stereocenters. The summed E-state index contributed by atoms with van der Waals surface area (Å²) in [4.78, 5) is 0. The van der Waals surface area contributed by atoms with Gasteiger partial charge in [0.25, 0.3) is 0 Å². The molecule has 0 aromatic heterocycles. The van der Waals surface area contributed by atoms with Crippen LogP contribution in [0.15, 0.2) is 6.07 Å². The number of hydrogen-bond acceptors (Lipinski definition) is 2. The Morgan fingerprint density at radius 3 is 2.61 bits per heavy atom. The lowest BCUT2D eigenvalue weighted by molar-refractivity contribution is 0.404. The first-order valence-corrected chi connectivity index (χ1v) is 7.07. The highest BCUT2D eigenvalue weighted by atomic mass is 35.5. The van der Waals surface area contributed by atoms with Gasteiger partial charge >= 0.3 is 0 Å². The quantitative estimate of drug-likeness (QED) is 0.890. The summed E-state index contributed by atoms with van der Waals surface area (Å²) in [5.41, 5.74) is 3.41. The molecule has 1 N–H and O–H groups in total. The van der Waals surface area contributed by atoms with Crippen molar-refractivity contribution in [2.24, 2.45) is 0 Å². The number of aryl methyl sites for hydroxylation is 1. The summed E-state index contributed by atoms with van der Waals surface area (Å²) in [5.74, 6) is 0.944. The van der Waals surface area contributed by atoms with E-state index >= 15 is 0 Å². The van der Waals surface area contributed by atoms with Crippen molar-refractivity contribution in [1.29, 1.82) is 0 Å². The molecule has 1 saturated carbocycles. The molecule has 0 spiro atoms. The number of nitrogens with one attached hydrogen (secondary N) is 1. The van der Waals surface area contributed by atoms with Crippen LogP contribution in [0.3, 0.4) is 0 Å². The molecule has 100 valence electrons. The molecule has 0 radical (unpaired) electrons. The molecule has 1 aliphatic carbocycles. The van der Waals surface area contributed by atoms with Crippen molar-refractivity contribution in [2.75, 3.05) is 7.11 Å². The van der Waals surface area contributed by atoms with Crippen LogP contribution >= 0.6 is 11.6 Å². The van der Waals surface area contributed by atoms with Crippen LogP contribution in [0.1, 0.15) is 42.4 Å². The van der Waals surface area contributed by atoms with Gasteiger partial charge < -0.3 is 10.1 Å². The molecule has 18 heavy (non-hydrogen) atoms. The number of halogens is 1. The molecule has 1 aliphatic rings. The predicted molar refractivity (Wildman–Crippen MR) is 76.6 cm³/mol. The van der Waals surface area contributed by atoms with Crippen LogP contribution in [0.2, 0.25) is 5.02 Å². The maximum atomic E-state index is 6.32. The number of rotatable bonds is 4. The van der Waals surface area contributed by atoms with Crippen LogP contribution in [-0.4, -0.2) is 13.2 Å². The third-order valence-electron chi connectivity index (χ3n) is 3.92. The van der Waals surface area contributed by atoms with Crippen molar-refractivity contribution in [2.45, 2.75) is 52.1 Å². The highest BCUT2D eigenvalue weighted by molar-refractivity contribution is 6.32. The molecule has 3 heteroatoms. The molecular weight excluding hydrogens is 246 g/mol. The van der Waals surface area contributed by atoms with E-state index in [2.05, 4.69) is 12.2 Å². The Labute approximate surface area is 115 Å². The second kappa shape index (κ2) is 5.94. The van der Waals surface area contributed by atoms with Gasteiger partial charge in [0.2, 0.25) is 0 Å². The van der Waals surface area contributed by atoms with Gasteiger partial charge in [0.15, 0.2) is 0 Å². The number of benzene rings is 1. The van der Waals surface area contributed by atoms with Gasteiger partial charge in [0.05, 0.1) is 7.11 Å². The Kier molecular flexibility index (Phi) is 4.52. The minimum Gasteiger partial charge on any atom is -0.496 e. The zero-order valence-electron chi connectivity index (χ0n) is 11.5. The molecule has 0 atom stereocenters. The molecular formula is C15H22ClNO. The third kappa shape index (κ3) is 2.81. The summed E-state index contributed by atoms with van der Waals surface area (Å²) in [6.07, 6.45) is 5.28. The van der Waals surface area contributed by atoms with Gasteiger partial charge in [-0.3, -0.25) is 0 Å². The zero-order valence-corrected chi connectivity index (χ0v) is 12.2. The summed E-state index contributed by atoms with van der Waals surface area (Å²) < 4.78 is 5.48. The van der Waals surface area contributed by atoms with E-state index in [9.17, 15) is 0 Å². The molecule has 0 aliphatic heterocycles. The maximum Gasteiger partial charge on any atom is 0.123 e. The van der Waals surface area contributed by atoms with Crippen LogP contribution < -0.4 is 10.1 Å². The molecule has 2 rings (SSSR count). The molecule has 0 amide bonds. The van der Waals surface area contributed by atoms with Gasteiger partial charge in [-0.25, -0.2) is 0 Å². The van der Waals surface area contributed by atoms with Gasteiger partial charge in [-0.2, -0.15) is 0 Å². The highest BCUT2D eigenvalue weighted by Gasteiger charge is 2.17. The lowest BCUT2D eigenvalue weighted by atomic mass is 10.0. The average molecular weight is 268 g/mol. The second-order valence-electron chi connectivity index (χ2n) is 5.18. The molecule has 1 aromatic carbocycles. The Morgan fingerprint density at radius 2 is 2.00 bits per heavy atom. The van der Waals surface area contributed by atoms with E-state index in [1.165, 1.54) is 31.2 Å². The van der Waals surface area contributed by atoms with Gasteiger partial charge in [-0.1, -0.05) is 24.4 Å². The predicted octanol–water partition coefficient (Wildman–Crippen LogP) is 4.00. The highest BCUT2D eigenvalue weighted by Crippen LogP contribution is 2.31. The van der Waals surface area contributed by atoms with E-state index in [0.29, 0.717) is 6.04 Å². The van der Waals surface area contributed by atoms with Gasteiger partial charge in [-0.15, -0.1) is 0 Å². The molecule has 0 saturated heterocycles. The summed E-state index contributed by atoms with van der Waals surface area (Å²) in [5, 5.41) is 4.48. The smallest absolute Gasteiger partial charge is 0.123 e. The maximum absolute atomic E-state index is 6.32. The van der Waals surface area contributed by atoms with E-state index in [-0.39, 0.29) is 0 Å². The van der Waals surface area contributed by atoms with Crippen LogP contribution in [0.25, 0.3) is 0 Å². The first-order chi connectivity index (χ1) is 8.63. The fraction of sp³-hybridized carbons (Fsp3) is 0.600. The van der Waals surface area contributed by atoms with Crippen molar-refractivity contribution in [3.8, 4) is 5.75 Å². The molecule has 1 fully saturated rings. The van der Waals surface area contributed by atoms with Crippen molar-refractivity contribution < 1.29 is 4.74 Å². The zero-order chi connectivity index (χ0) is 13.1. The van der Waals surface area contributed by atoms with Crippen molar-refractivity contribution in [3.05, 3.63) is 27.8 Å². The monoisotopic (exact) mass is 267 g/mol. The lowest BCUT2D eigenvalue weighted by Crippen LogP contribution is -2.26. The average Bonchev–Trinajstić information content (AvgIpc) is 2.87. The molecule has 1 aromatic rings. The molecule has 2 nitrogen and oxygen atoms in total. The van der Waals surface area contributed by atoms with E-state index in [1.54, 1.807) is 7.11 Å². The minimum absolute atomic E-state index is 0.661. The summed E-state index contributed by atoms with van der Waals surface area (Å²) in [7, 11) is 1.72. The number of hydrogen-bond donors (Lipinski definition) is 1. The minimum atomic E-state index is 0.661. The normalized spacial score (nSPS) is 16.2. The number of ether oxygens (including phenoxy) is 1. The lowest BCUT2D eigenvalue weighted by Gasteiger charge is -2.18. The molecule has 0 bridgehead atoms. The Balaban J connectivity index is 2.17. The summed E-state index contributed by atoms with van der Waals surface area (Å²) >= 11 is 6.32. The fourth-order valence-electron chi connectivity index (χ4n) is 2.74. The van der Waals surface area contributed by atoms with Gasteiger partial charge in [0.1, 0.15) is 5.75 Å². The van der Waals surface area contributed by atoms with Crippen molar-refractivity contribution in [3.63, 3.8) is 0 Å². The van der Waals surface area contributed by atoms with Crippen molar-refractivity contribution >= 4 is 11.6 Å². The topological polar surface area (TPSA) is 21.3 Å². The van der Waals surface area contributed by atoms with Crippen LogP contribution in [0, 0.1) is 13.8 Å². The van der Waals surface area contributed by atoms with E-state index in [4.69, 9.17) is 16.3 Å². The van der Waals surface area contributed by atoms with Crippen LogP contribution in [0.5, 0.6) is 5.75 Å². The third-order valence-corrected chi connectivity index (χ3v) is 4.50. The van der Waals surface area contributed by atoms with Crippen LogP contribution in [0.4, 0.5) is 0 Å². The second-order valence-corrected chi connectivity index (χ2v) is 5.55. The Morgan fingerprint density at radius 1 is 1.33 bits per heavy atom. The van der Waals surface area contributed by atoms with Crippen LogP contribution in [-0.2, 0) is 6.54 Å². The Bertz CT molecular complexity index is 425. The van der Waals surface area contributed by atoms with E-state index in [0.717, 1.165) is 28.4 Å². The van der Waals surface area contributed by atoms with Gasteiger partial charge in [-0.05, 0) is 43.9 Å². The molecule has 0 heterocycles. The van der Waals surface area contributed by atoms with Gasteiger partial charge in [0, 0.05) is 23.2 Å². The fourth-order valence-corrected chi connectivity index (χ4v) is 2.91. The van der Waals surface area contributed by atoms with E-state index in [1.807, 2.05) is 13.0 Å². The largest absolute Gasteiger partial charge is 0.496 e. The summed E-state index contributed by atoms with van der Waals surface area (Å²) in [6.45, 7) is 4.94. The summed E-state index contributed by atoms with van der Waals surface area (Å²) in [6, 6.07) is 2.69. The standard InChI is InChI=1S/C15H22ClNO/c1-10-8-14(18-3)13(11(2)15(10)16)9-17-12-6-4-5-7-12/h8,12,17H,4-7,9H2,1-3H3.